The molecule has 0 radical (unpaired) electrons. The highest BCUT2D eigenvalue weighted by Gasteiger charge is 2.29. The Balaban J connectivity index is 1.29. The lowest BCUT2D eigenvalue weighted by Crippen LogP contribution is -2.49. The summed E-state index contributed by atoms with van der Waals surface area (Å²) in [5.74, 6) is -0.910. The van der Waals surface area contributed by atoms with Gasteiger partial charge in [0.15, 0.2) is 0 Å². The first kappa shape index (κ1) is 30.9. The van der Waals surface area contributed by atoms with Crippen molar-refractivity contribution < 1.29 is 36.6 Å². The summed E-state index contributed by atoms with van der Waals surface area (Å²) in [5.41, 5.74) is 2.67. The zero-order valence-corrected chi connectivity index (χ0v) is 22.7. The third kappa shape index (κ3) is 9.52. The van der Waals surface area contributed by atoms with Gasteiger partial charge in [-0.3, -0.25) is 9.78 Å². The second-order valence-corrected chi connectivity index (χ2v) is 9.93. The van der Waals surface area contributed by atoms with Gasteiger partial charge < -0.3 is 25.4 Å². The van der Waals surface area contributed by atoms with Crippen molar-refractivity contribution in [3.63, 3.8) is 0 Å². The molecule has 1 saturated heterocycles. The standard InChI is InChI=1S/C30H32F4N4O4/c31-26-7-4-8-27(38-28(39)15-25(20-5-2-1-3-6-20)21-11-13-35-14-12-21)24(26)10-9-23-16-36-22(17-41-23)18-42-29(40)37-19-30(32,33)34/h1-8,11-14,22-23,25,36H,9-10,15-19H2,(H,37,40)(H,38,39)/t22-,23+,25+/m0/s1. The van der Waals surface area contributed by atoms with Gasteiger partial charge in [-0.2, -0.15) is 13.2 Å². The number of aromatic nitrogens is 1. The number of hydrogen-bond donors (Lipinski definition) is 3. The minimum atomic E-state index is -4.52. The van der Waals surface area contributed by atoms with E-state index in [0.29, 0.717) is 30.6 Å². The Morgan fingerprint density at radius 1 is 1.05 bits per heavy atom. The number of halogens is 4. The highest BCUT2D eigenvalue weighted by molar-refractivity contribution is 5.92. The molecule has 0 aliphatic carbocycles. The number of pyridine rings is 1. The van der Waals surface area contributed by atoms with Crippen molar-refractivity contribution in [1.82, 2.24) is 15.6 Å². The van der Waals surface area contributed by atoms with Crippen LogP contribution in [0.3, 0.4) is 0 Å². The second kappa shape index (κ2) is 14.7. The van der Waals surface area contributed by atoms with Crippen LogP contribution in [0.25, 0.3) is 0 Å². The van der Waals surface area contributed by atoms with Crippen LogP contribution in [0.2, 0.25) is 0 Å². The van der Waals surface area contributed by atoms with Gasteiger partial charge in [0, 0.05) is 42.5 Å². The first-order chi connectivity index (χ1) is 20.2. The number of nitrogens with zero attached hydrogens (tertiary/aromatic N) is 1. The van der Waals surface area contributed by atoms with Crippen LogP contribution in [-0.2, 0) is 20.7 Å². The number of hydrogen-bond acceptors (Lipinski definition) is 6. The number of amides is 2. The van der Waals surface area contributed by atoms with Crippen LogP contribution in [0.1, 0.15) is 35.4 Å². The molecule has 8 nitrogen and oxygen atoms in total. The lowest BCUT2D eigenvalue weighted by molar-refractivity contribution is -0.124. The van der Waals surface area contributed by atoms with Crippen molar-refractivity contribution >= 4 is 17.7 Å². The number of morpholine rings is 1. The molecule has 3 atom stereocenters. The van der Waals surface area contributed by atoms with E-state index in [0.717, 1.165) is 11.1 Å². The number of carbonyl (C=O) groups is 2. The van der Waals surface area contributed by atoms with Crippen molar-refractivity contribution in [3.8, 4) is 0 Å². The Kier molecular flexibility index (Phi) is 10.8. The summed E-state index contributed by atoms with van der Waals surface area (Å²) < 4.78 is 62.1. The highest BCUT2D eigenvalue weighted by Crippen LogP contribution is 2.29. The number of rotatable bonds is 11. The normalized spacial score (nSPS) is 17.7. The predicted molar refractivity (Wildman–Crippen MR) is 147 cm³/mol. The van der Waals surface area contributed by atoms with E-state index >= 15 is 0 Å². The summed E-state index contributed by atoms with van der Waals surface area (Å²) in [7, 11) is 0. The summed E-state index contributed by atoms with van der Waals surface area (Å²) in [5, 5.41) is 7.65. The van der Waals surface area contributed by atoms with Crippen molar-refractivity contribution in [2.75, 3.05) is 31.6 Å². The van der Waals surface area contributed by atoms with Crippen molar-refractivity contribution in [3.05, 3.63) is 95.6 Å². The van der Waals surface area contributed by atoms with E-state index in [2.05, 4.69) is 15.6 Å². The topological polar surface area (TPSA) is 102 Å². The zero-order chi connectivity index (χ0) is 30.0. The second-order valence-electron chi connectivity index (χ2n) is 9.93. The molecule has 0 spiro atoms. The van der Waals surface area contributed by atoms with E-state index in [4.69, 9.17) is 9.47 Å². The Bertz CT molecular complexity index is 1260. The van der Waals surface area contributed by atoms with Crippen LogP contribution in [0.15, 0.2) is 73.1 Å². The molecular formula is C30H32F4N4O4. The monoisotopic (exact) mass is 588 g/mol. The average Bonchev–Trinajstić information content (AvgIpc) is 2.98. The molecule has 2 heterocycles. The maximum absolute atomic E-state index is 14.9. The molecule has 4 rings (SSSR count). The minimum Gasteiger partial charge on any atom is -0.448 e. The van der Waals surface area contributed by atoms with Crippen LogP contribution >= 0.6 is 0 Å². The summed E-state index contributed by atoms with van der Waals surface area (Å²) in [6, 6.07) is 17.6. The van der Waals surface area contributed by atoms with Crippen LogP contribution < -0.4 is 16.0 Å². The maximum atomic E-state index is 14.9. The number of nitrogens with one attached hydrogen (secondary N) is 3. The lowest BCUT2D eigenvalue weighted by atomic mass is 9.89. The van der Waals surface area contributed by atoms with Crippen LogP contribution in [0, 0.1) is 5.82 Å². The van der Waals surface area contributed by atoms with Gasteiger partial charge in [0.1, 0.15) is 19.0 Å². The third-order valence-electron chi connectivity index (χ3n) is 6.83. The number of ether oxygens (including phenoxy) is 2. The average molecular weight is 589 g/mol. The largest absolute Gasteiger partial charge is 0.448 e. The molecule has 0 saturated carbocycles. The van der Waals surface area contributed by atoms with Crippen molar-refractivity contribution in [2.24, 2.45) is 0 Å². The molecule has 224 valence electrons. The molecule has 1 aliphatic heterocycles. The molecule has 2 amide bonds. The summed E-state index contributed by atoms with van der Waals surface area (Å²) in [6.07, 6.45) is -1.72. The molecule has 1 aromatic heterocycles. The first-order valence-corrected chi connectivity index (χ1v) is 13.5. The Labute approximate surface area is 240 Å². The van der Waals surface area contributed by atoms with Gasteiger partial charge in [-0.05, 0) is 48.2 Å². The zero-order valence-electron chi connectivity index (χ0n) is 22.7. The number of alkyl halides is 3. The van der Waals surface area contributed by atoms with Gasteiger partial charge in [-0.25, -0.2) is 9.18 Å². The Morgan fingerprint density at radius 3 is 2.48 bits per heavy atom. The number of carbonyl (C=O) groups excluding carboxylic acids is 2. The fraction of sp³-hybridized carbons (Fsp3) is 0.367. The van der Waals surface area contributed by atoms with Gasteiger partial charge in [-0.1, -0.05) is 36.4 Å². The molecular weight excluding hydrogens is 556 g/mol. The van der Waals surface area contributed by atoms with E-state index < -0.39 is 24.6 Å². The van der Waals surface area contributed by atoms with E-state index in [1.807, 2.05) is 42.5 Å². The quantitative estimate of drug-likeness (QED) is 0.274. The van der Waals surface area contributed by atoms with Crippen LogP contribution in [0.5, 0.6) is 0 Å². The smallest absolute Gasteiger partial charge is 0.407 e. The number of anilines is 1. The molecule has 3 aromatic rings. The van der Waals surface area contributed by atoms with Crippen molar-refractivity contribution in [2.45, 2.75) is 43.5 Å². The SMILES string of the molecule is O=C(C[C@H](c1ccccc1)c1ccncc1)Nc1cccc(F)c1CC[C@@H]1CN[C@H](COC(=O)NCC(F)(F)F)CO1. The predicted octanol–water partition coefficient (Wildman–Crippen LogP) is 4.96. The van der Waals surface area contributed by atoms with Gasteiger partial charge in [-0.15, -0.1) is 0 Å². The third-order valence-corrected chi connectivity index (χ3v) is 6.83. The minimum absolute atomic E-state index is 0.150. The van der Waals surface area contributed by atoms with E-state index in [1.54, 1.807) is 29.8 Å². The van der Waals surface area contributed by atoms with E-state index in [1.165, 1.54) is 6.07 Å². The number of alkyl carbamates (subject to hydrolysis) is 1. The van der Waals surface area contributed by atoms with Crippen LogP contribution in [0.4, 0.5) is 28.0 Å². The van der Waals surface area contributed by atoms with Gasteiger partial charge in [0.25, 0.3) is 0 Å². The molecule has 1 aliphatic rings. The summed E-state index contributed by atoms with van der Waals surface area (Å²) >= 11 is 0. The fourth-order valence-corrected chi connectivity index (χ4v) is 4.69. The molecule has 12 heteroatoms. The summed E-state index contributed by atoms with van der Waals surface area (Å²) in [6.45, 7) is -1.10. The van der Waals surface area contributed by atoms with Gasteiger partial charge >= 0.3 is 12.3 Å². The molecule has 0 bridgehead atoms. The van der Waals surface area contributed by atoms with Crippen molar-refractivity contribution in [1.29, 1.82) is 0 Å². The Morgan fingerprint density at radius 2 is 1.79 bits per heavy atom. The Hall–Kier alpha value is -4.03. The molecule has 0 unspecified atom stereocenters. The molecule has 42 heavy (non-hydrogen) atoms. The highest BCUT2D eigenvalue weighted by atomic mass is 19.4. The summed E-state index contributed by atoms with van der Waals surface area (Å²) in [4.78, 5) is 28.7. The van der Waals surface area contributed by atoms with Crippen LogP contribution in [-0.4, -0.2) is 61.6 Å². The van der Waals surface area contributed by atoms with E-state index in [9.17, 15) is 27.2 Å². The maximum Gasteiger partial charge on any atom is 0.407 e. The fourth-order valence-electron chi connectivity index (χ4n) is 4.69. The molecule has 1 fully saturated rings. The number of benzene rings is 2. The van der Waals surface area contributed by atoms with Gasteiger partial charge in [0.2, 0.25) is 5.91 Å². The lowest BCUT2D eigenvalue weighted by Gasteiger charge is -2.30. The first-order valence-electron chi connectivity index (χ1n) is 13.5. The van der Waals surface area contributed by atoms with Gasteiger partial charge in [0.05, 0.1) is 18.8 Å². The van der Waals surface area contributed by atoms with E-state index in [-0.39, 0.29) is 43.6 Å². The molecule has 3 N–H and O–H groups in total. The molecule has 2 aromatic carbocycles.